The van der Waals surface area contributed by atoms with E-state index in [2.05, 4.69) is 13.8 Å². The molecule has 1 aliphatic rings. The molecule has 2 atom stereocenters. The van der Waals surface area contributed by atoms with Gasteiger partial charge in [0.2, 0.25) is 0 Å². The Kier molecular flexibility index (Phi) is 3.74. The zero-order valence-corrected chi connectivity index (χ0v) is 8.92. The zero-order valence-electron chi connectivity index (χ0n) is 8.92. The van der Waals surface area contributed by atoms with Crippen molar-refractivity contribution in [2.75, 3.05) is 6.61 Å². The largest absolute Gasteiger partial charge is 0.394 e. The van der Waals surface area contributed by atoms with E-state index in [-0.39, 0.29) is 12.1 Å². The molecule has 1 fully saturated rings. The van der Waals surface area contributed by atoms with Crippen LogP contribution in [0.3, 0.4) is 0 Å². The highest BCUT2D eigenvalue weighted by Crippen LogP contribution is 2.33. The average Bonchev–Trinajstić information content (AvgIpc) is 2.03. The monoisotopic (exact) mass is 185 g/mol. The van der Waals surface area contributed by atoms with Crippen molar-refractivity contribution in [1.82, 2.24) is 0 Å². The number of hydrogen-bond acceptors (Lipinski definition) is 2. The third-order valence-corrected chi connectivity index (χ3v) is 3.10. The fraction of sp³-hybridized carbons (Fsp3) is 1.00. The predicted octanol–water partition coefficient (Wildman–Crippen LogP) is 1.91. The Balaban J connectivity index is 2.42. The maximum Gasteiger partial charge on any atom is 0.0611 e. The average molecular weight is 185 g/mol. The van der Waals surface area contributed by atoms with Gasteiger partial charge in [-0.1, -0.05) is 26.7 Å². The summed E-state index contributed by atoms with van der Waals surface area (Å²) < 4.78 is 0. The van der Waals surface area contributed by atoms with Gasteiger partial charge in [0.15, 0.2) is 0 Å². The van der Waals surface area contributed by atoms with Crippen molar-refractivity contribution in [3.63, 3.8) is 0 Å². The van der Waals surface area contributed by atoms with Gasteiger partial charge < -0.3 is 10.8 Å². The molecule has 2 nitrogen and oxygen atoms in total. The molecular weight excluding hydrogens is 162 g/mol. The van der Waals surface area contributed by atoms with Crippen molar-refractivity contribution in [2.45, 2.75) is 51.5 Å². The van der Waals surface area contributed by atoms with Crippen LogP contribution in [0.1, 0.15) is 46.0 Å². The Morgan fingerprint density at radius 2 is 2.23 bits per heavy atom. The first-order valence-electron chi connectivity index (χ1n) is 5.45. The van der Waals surface area contributed by atoms with Gasteiger partial charge in [0.1, 0.15) is 0 Å². The summed E-state index contributed by atoms with van der Waals surface area (Å²) in [6, 6.07) is 0. The fourth-order valence-electron chi connectivity index (χ4n) is 2.53. The summed E-state index contributed by atoms with van der Waals surface area (Å²) in [6.45, 7) is 4.67. The van der Waals surface area contributed by atoms with E-state index < -0.39 is 0 Å². The summed E-state index contributed by atoms with van der Waals surface area (Å²) >= 11 is 0. The van der Waals surface area contributed by atoms with Crippen molar-refractivity contribution in [3.05, 3.63) is 0 Å². The Bertz CT molecular complexity index is 158. The van der Waals surface area contributed by atoms with E-state index in [9.17, 15) is 5.11 Å². The van der Waals surface area contributed by atoms with Crippen molar-refractivity contribution >= 4 is 0 Å². The van der Waals surface area contributed by atoms with Gasteiger partial charge in [-0.25, -0.2) is 0 Å². The predicted molar refractivity (Wildman–Crippen MR) is 55.4 cm³/mol. The van der Waals surface area contributed by atoms with Crippen molar-refractivity contribution in [2.24, 2.45) is 17.6 Å². The van der Waals surface area contributed by atoms with Gasteiger partial charge >= 0.3 is 0 Å². The Morgan fingerprint density at radius 3 is 2.77 bits per heavy atom. The van der Waals surface area contributed by atoms with Gasteiger partial charge in [-0.05, 0) is 31.1 Å². The van der Waals surface area contributed by atoms with Gasteiger partial charge in [-0.2, -0.15) is 0 Å². The summed E-state index contributed by atoms with van der Waals surface area (Å²) in [4.78, 5) is 0. The molecule has 0 amide bonds. The summed E-state index contributed by atoms with van der Waals surface area (Å²) in [5, 5.41) is 9.18. The molecule has 0 spiro atoms. The molecule has 0 aromatic rings. The van der Waals surface area contributed by atoms with E-state index in [1.807, 2.05) is 0 Å². The van der Waals surface area contributed by atoms with Crippen LogP contribution in [0.5, 0.6) is 0 Å². The van der Waals surface area contributed by atoms with E-state index in [0.717, 1.165) is 24.7 Å². The highest BCUT2D eigenvalue weighted by molar-refractivity contribution is 4.90. The van der Waals surface area contributed by atoms with Gasteiger partial charge in [-0.15, -0.1) is 0 Å². The Morgan fingerprint density at radius 1 is 1.54 bits per heavy atom. The molecule has 13 heavy (non-hydrogen) atoms. The number of aliphatic hydroxyl groups is 1. The van der Waals surface area contributed by atoms with E-state index in [1.165, 1.54) is 19.3 Å². The zero-order chi connectivity index (χ0) is 9.90. The van der Waals surface area contributed by atoms with Crippen LogP contribution in [0, 0.1) is 11.8 Å². The summed E-state index contributed by atoms with van der Waals surface area (Å²) in [5.41, 5.74) is 5.81. The second kappa shape index (κ2) is 4.43. The van der Waals surface area contributed by atoms with Crippen LogP contribution in [0.2, 0.25) is 0 Å². The van der Waals surface area contributed by atoms with Crippen LogP contribution in [0.4, 0.5) is 0 Å². The SMILES string of the molecule is CC(C)CC1CCCC(N)(CO)C1. The molecule has 2 heteroatoms. The molecule has 2 unspecified atom stereocenters. The molecule has 1 aliphatic carbocycles. The first-order valence-corrected chi connectivity index (χ1v) is 5.45. The number of nitrogens with two attached hydrogens (primary N) is 1. The molecule has 78 valence electrons. The van der Waals surface area contributed by atoms with Crippen LogP contribution in [-0.4, -0.2) is 17.3 Å². The van der Waals surface area contributed by atoms with Gasteiger partial charge in [0, 0.05) is 5.54 Å². The van der Waals surface area contributed by atoms with Crippen molar-refractivity contribution < 1.29 is 5.11 Å². The van der Waals surface area contributed by atoms with Crippen LogP contribution in [-0.2, 0) is 0 Å². The molecule has 0 aromatic heterocycles. The highest BCUT2D eigenvalue weighted by atomic mass is 16.3. The van der Waals surface area contributed by atoms with Gasteiger partial charge in [0.25, 0.3) is 0 Å². The molecule has 0 bridgehead atoms. The standard InChI is InChI=1S/C11H23NO/c1-9(2)6-10-4-3-5-11(12,7-10)8-13/h9-10,13H,3-8,12H2,1-2H3. The molecule has 0 aromatic carbocycles. The van der Waals surface area contributed by atoms with Crippen molar-refractivity contribution in [3.8, 4) is 0 Å². The highest BCUT2D eigenvalue weighted by Gasteiger charge is 2.32. The molecule has 0 aliphatic heterocycles. The topological polar surface area (TPSA) is 46.2 Å². The third kappa shape index (κ3) is 3.28. The molecule has 1 saturated carbocycles. The lowest BCUT2D eigenvalue weighted by Gasteiger charge is -2.37. The normalized spacial score (nSPS) is 35.3. The Labute approximate surface area is 81.5 Å². The number of rotatable bonds is 3. The smallest absolute Gasteiger partial charge is 0.0611 e. The lowest BCUT2D eigenvalue weighted by Crippen LogP contribution is -2.47. The molecule has 0 saturated heterocycles. The van der Waals surface area contributed by atoms with Crippen LogP contribution >= 0.6 is 0 Å². The minimum atomic E-state index is -0.266. The fourth-order valence-corrected chi connectivity index (χ4v) is 2.53. The minimum Gasteiger partial charge on any atom is -0.394 e. The molecule has 3 N–H and O–H groups in total. The molecule has 1 rings (SSSR count). The maximum atomic E-state index is 9.18. The maximum absolute atomic E-state index is 9.18. The van der Waals surface area contributed by atoms with Crippen molar-refractivity contribution in [1.29, 1.82) is 0 Å². The summed E-state index contributed by atoms with van der Waals surface area (Å²) in [7, 11) is 0. The molecule has 0 heterocycles. The second-order valence-corrected chi connectivity index (χ2v) is 5.11. The summed E-state index contributed by atoms with van der Waals surface area (Å²) in [6.07, 6.45) is 5.77. The van der Waals surface area contributed by atoms with E-state index in [4.69, 9.17) is 5.73 Å². The number of aliphatic hydroxyl groups excluding tert-OH is 1. The Hall–Kier alpha value is -0.0800. The lowest BCUT2D eigenvalue weighted by atomic mass is 9.74. The third-order valence-electron chi connectivity index (χ3n) is 3.10. The summed E-state index contributed by atoms with van der Waals surface area (Å²) in [5.74, 6) is 1.50. The van der Waals surface area contributed by atoms with Crippen LogP contribution in [0.15, 0.2) is 0 Å². The van der Waals surface area contributed by atoms with Gasteiger partial charge in [-0.3, -0.25) is 0 Å². The number of hydrogen-bond donors (Lipinski definition) is 2. The quantitative estimate of drug-likeness (QED) is 0.705. The second-order valence-electron chi connectivity index (χ2n) is 5.11. The minimum absolute atomic E-state index is 0.154. The molecular formula is C11H23NO. The molecule has 0 radical (unpaired) electrons. The first-order chi connectivity index (χ1) is 6.06. The van der Waals surface area contributed by atoms with E-state index in [0.29, 0.717) is 0 Å². The lowest BCUT2D eigenvalue weighted by molar-refractivity contribution is 0.121. The van der Waals surface area contributed by atoms with Crippen LogP contribution < -0.4 is 5.73 Å². The first kappa shape index (κ1) is 11.0. The van der Waals surface area contributed by atoms with Crippen LogP contribution in [0.25, 0.3) is 0 Å². The van der Waals surface area contributed by atoms with E-state index in [1.54, 1.807) is 0 Å². The van der Waals surface area contributed by atoms with E-state index >= 15 is 0 Å². The van der Waals surface area contributed by atoms with Gasteiger partial charge in [0.05, 0.1) is 6.61 Å².